The van der Waals surface area contributed by atoms with Crippen LogP contribution in [0.25, 0.3) is 0 Å². The van der Waals surface area contributed by atoms with Gasteiger partial charge in [0.25, 0.3) is 0 Å². The first-order valence-electron chi connectivity index (χ1n) is 5.34. The molecule has 4 heteroatoms. The van der Waals surface area contributed by atoms with Crippen molar-refractivity contribution >= 4 is 0 Å². The molecule has 14 heavy (non-hydrogen) atoms. The van der Waals surface area contributed by atoms with E-state index in [2.05, 4.69) is 15.5 Å². The summed E-state index contributed by atoms with van der Waals surface area (Å²) >= 11 is 0. The Morgan fingerprint density at radius 1 is 1.57 bits per heavy atom. The standard InChI is InChI=1S/C10H17N3O/c1-8-12-10(14-13-8)5-4-9-3-2-6-11-7-9/h9,11H,2-7H2,1H3. The number of hydrogen-bond donors (Lipinski definition) is 1. The molecule has 0 bridgehead atoms. The average Bonchev–Trinajstić information content (AvgIpc) is 2.63. The van der Waals surface area contributed by atoms with Crippen LogP contribution < -0.4 is 5.32 Å². The van der Waals surface area contributed by atoms with Crippen LogP contribution in [0.4, 0.5) is 0 Å². The molecule has 0 aliphatic carbocycles. The fourth-order valence-electron chi connectivity index (χ4n) is 1.94. The van der Waals surface area contributed by atoms with E-state index in [9.17, 15) is 0 Å². The van der Waals surface area contributed by atoms with Crippen molar-refractivity contribution in [3.8, 4) is 0 Å². The maximum Gasteiger partial charge on any atom is 0.226 e. The summed E-state index contributed by atoms with van der Waals surface area (Å²) in [5.74, 6) is 2.31. The molecule has 1 N–H and O–H groups in total. The van der Waals surface area contributed by atoms with E-state index in [1.54, 1.807) is 0 Å². The van der Waals surface area contributed by atoms with Gasteiger partial charge in [0.05, 0.1) is 0 Å². The minimum absolute atomic E-state index is 0.738. The summed E-state index contributed by atoms with van der Waals surface area (Å²) in [6.45, 7) is 4.18. The Morgan fingerprint density at radius 2 is 2.50 bits per heavy atom. The van der Waals surface area contributed by atoms with E-state index in [-0.39, 0.29) is 0 Å². The molecule has 1 aliphatic rings. The predicted octanol–water partition coefficient (Wildman–Crippen LogP) is 1.31. The van der Waals surface area contributed by atoms with E-state index < -0.39 is 0 Å². The Balaban J connectivity index is 1.76. The Labute approximate surface area is 84.1 Å². The van der Waals surface area contributed by atoms with Crippen molar-refractivity contribution in [1.82, 2.24) is 15.5 Å². The van der Waals surface area contributed by atoms with Crippen LogP contribution in [0.5, 0.6) is 0 Å². The van der Waals surface area contributed by atoms with Gasteiger partial charge >= 0.3 is 0 Å². The van der Waals surface area contributed by atoms with Gasteiger partial charge in [-0.25, -0.2) is 0 Å². The molecule has 0 aromatic carbocycles. The highest BCUT2D eigenvalue weighted by molar-refractivity contribution is 4.84. The fraction of sp³-hybridized carbons (Fsp3) is 0.800. The number of nitrogens with zero attached hydrogens (tertiary/aromatic N) is 2. The summed E-state index contributed by atoms with van der Waals surface area (Å²) in [6, 6.07) is 0. The van der Waals surface area contributed by atoms with E-state index >= 15 is 0 Å². The number of aryl methyl sites for hydroxylation is 2. The highest BCUT2D eigenvalue weighted by Gasteiger charge is 2.14. The first-order valence-corrected chi connectivity index (χ1v) is 5.34. The molecule has 0 amide bonds. The summed E-state index contributed by atoms with van der Waals surface area (Å²) in [5.41, 5.74) is 0. The van der Waals surface area contributed by atoms with Gasteiger partial charge in [-0.3, -0.25) is 0 Å². The molecular formula is C10H17N3O. The molecule has 1 atom stereocenters. The smallest absolute Gasteiger partial charge is 0.226 e. The summed E-state index contributed by atoms with van der Waals surface area (Å²) < 4.78 is 5.07. The van der Waals surface area contributed by atoms with Crippen LogP contribution in [-0.4, -0.2) is 23.2 Å². The average molecular weight is 195 g/mol. The minimum Gasteiger partial charge on any atom is -0.339 e. The van der Waals surface area contributed by atoms with E-state index in [0.29, 0.717) is 0 Å². The lowest BCUT2D eigenvalue weighted by Gasteiger charge is -2.21. The van der Waals surface area contributed by atoms with Gasteiger partial charge < -0.3 is 9.84 Å². The largest absolute Gasteiger partial charge is 0.339 e. The molecule has 1 unspecified atom stereocenters. The monoisotopic (exact) mass is 195 g/mol. The van der Waals surface area contributed by atoms with Crippen LogP contribution in [0.1, 0.15) is 31.0 Å². The molecule has 4 nitrogen and oxygen atoms in total. The molecule has 2 rings (SSSR count). The normalized spacial score (nSPS) is 22.5. The molecule has 0 radical (unpaired) electrons. The summed E-state index contributed by atoms with van der Waals surface area (Å²) in [4.78, 5) is 4.20. The summed E-state index contributed by atoms with van der Waals surface area (Å²) in [5, 5.41) is 7.19. The van der Waals surface area contributed by atoms with Crippen LogP contribution in [0.15, 0.2) is 4.52 Å². The maximum absolute atomic E-state index is 5.07. The van der Waals surface area contributed by atoms with Crippen LogP contribution in [0.3, 0.4) is 0 Å². The van der Waals surface area contributed by atoms with Crippen molar-refractivity contribution in [3.63, 3.8) is 0 Å². The third-order valence-corrected chi connectivity index (χ3v) is 2.74. The third-order valence-electron chi connectivity index (χ3n) is 2.74. The molecule has 0 saturated carbocycles. The second-order valence-corrected chi connectivity index (χ2v) is 3.99. The van der Waals surface area contributed by atoms with Crippen molar-refractivity contribution in [2.45, 2.75) is 32.6 Å². The lowest BCUT2D eigenvalue weighted by atomic mass is 9.95. The van der Waals surface area contributed by atoms with E-state index in [1.165, 1.54) is 19.4 Å². The van der Waals surface area contributed by atoms with Crippen LogP contribution in [0.2, 0.25) is 0 Å². The SMILES string of the molecule is Cc1noc(CCC2CCCNC2)n1. The maximum atomic E-state index is 5.07. The number of aromatic nitrogens is 2. The van der Waals surface area contributed by atoms with Crippen LogP contribution in [-0.2, 0) is 6.42 Å². The molecule has 1 aliphatic heterocycles. The van der Waals surface area contributed by atoms with E-state index in [1.807, 2.05) is 6.92 Å². The van der Waals surface area contributed by atoms with Gasteiger partial charge in [-0.2, -0.15) is 4.98 Å². The van der Waals surface area contributed by atoms with Gasteiger partial charge in [0.1, 0.15) is 0 Å². The van der Waals surface area contributed by atoms with Crippen LogP contribution in [0, 0.1) is 12.8 Å². The van der Waals surface area contributed by atoms with Crippen molar-refractivity contribution in [2.75, 3.05) is 13.1 Å². The van der Waals surface area contributed by atoms with Gasteiger partial charge in [-0.05, 0) is 45.2 Å². The summed E-state index contributed by atoms with van der Waals surface area (Å²) in [6.07, 6.45) is 4.72. The molecule has 1 aromatic heterocycles. The quantitative estimate of drug-likeness (QED) is 0.790. The lowest BCUT2D eigenvalue weighted by Crippen LogP contribution is -2.29. The Bertz CT molecular complexity index is 279. The Morgan fingerprint density at radius 3 is 3.14 bits per heavy atom. The molecule has 1 fully saturated rings. The second kappa shape index (κ2) is 4.55. The zero-order valence-electron chi connectivity index (χ0n) is 8.62. The fourth-order valence-corrected chi connectivity index (χ4v) is 1.94. The summed E-state index contributed by atoms with van der Waals surface area (Å²) in [7, 11) is 0. The van der Waals surface area contributed by atoms with Gasteiger partial charge in [-0.1, -0.05) is 5.16 Å². The number of nitrogens with one attached hydrogen (secondary N) is 1. The lowest BCUT2D eigenvalue weighted by molar-refractivity contribution is 0.326. The van der Waals surface area contributed by atoms with E-state index in [4.69, 9.17) is 4.52 Å². The van der Waals surface area contributed by atoms with Crippen LogP contribution >= 0.6 is 0 Å². The van der Waals surface area contributed by atoms with Gasteiger partial charge in [0, 0.05) is 6.42 Å². The first-order chi connectivity index (χ1) is 6.84. The molecule has 2 heterocycles. The number of rotatable bonds is 3. The number of piperidine rings is 1. The second-order valence-electron chi connectivity index (χ2n) is 3.99. The van der Waals surface area contributed by atoms with Crippen molar-refractivity contribution in [3.05, 3.63) is 11.7 Å². The van der Waals surface area contributed by atoms with Gasteiger partial charge in [0.15, 0.2) is 5.82 Å². The molecule has 0 spiro atoms. The number of hydrogen-bond acceptors (Lipinski definition) is 4. The van der Waals surface area contributed by atoms with Gasteiger partial charge in [-0.15, -0.1) is 0 Å². The van der Waals surface area contributed by atoms with Crippen molar-refractivity contribution in [1.29, 1.82) is 0 Å². The molecule has 1 saturated heterocycles. The topological polar surface area (TPSA) is 51.0 Å². The predicted molar refractivity (Wildman–Crippen MR) is 52.9 cm³/mol. The third kappa shape index (κ3) is 2.54. The molecule has 1 aromatic rings. The highest BCUT2D eigenvalue weighted by Crippen LogP contribution is 2.16. The van der Waals surface area contributed by atoms with E-state index in [0.717, 1.165) is 37.0 Å². The molecule has 78 valence electrons. The highest BCUT2D eigenvalue weighted by atomic mass is 16.5. The Hall–Kier alpha value is -0.900. The molecular weight excluding hydrogens is 178 g/mol. The van der Waals surface area contributed by atoms with Crippen molar-refractivity contribution in [2.24, 2.45) is 5.92 Å². The first kappa shape index (κ1) is 9.65. The minimum atomic E-state index is 0.738. The van der Waals surface area contributed by atoms with Crippen molar-refractivity contribution < 1.29 is 4.52 Å². The Kier molecular flexibility index (Phi) is 3.14. The van der Waals surface area contributed by atoms with Gasteiger partial charge in [0.2, 0.25) is 5.89 Å². The zero-order chi connectivity index (χ0) is 9.80. The zero-order valence-corrected chi connectivity index (χ0v) is 8.62.